The standard InChI is InChI=1S/C16H19BrS/c1-11-5-10-14(18-11)15(17)12-6-8-13(9-7-12)16(2,3)4/h5-10,15H,1-4H3. The molecule has 0 N–H and O–H groups in total. The highest BCUT2D eigenvalue weighted by Gasteiger charge is 2.16. The summed E-state index contributed by atoms with van der Waals surface area (Å²) in [6.45, 7) is 8.89. The average molecular weight is 323 g/mol. The van der Waals surface area contributed by atoms with Crippen LogP contribution in [-0.2, 0) is 5.41 Å². The molecule has 0 saturated heterocycles. The van der Waals surface area contributed by atoms with Gasteiger partial charge in [-0.15, -0.1) is 11.3 Å². The van der Waals surface area contributed by atoms with Crippen LogP contribution in [0.4, 0.5) is 0 Å². The summed E-state index contributed by atoms with van der Waals surface area (Å²) >= 11 is 5.65. The third kappa shape index (κ3) is 3.04. The summed E-state index contributed by atoms with van der Waals surface area (Å²) in [5, 5.41) is 0. The fourth-order valence-corrected chi connectivity index (χ4v) is 3.53. The van der Waals surface area contributed by atoms with Crippen molar-refractivity contribution in [2.75, 3.05) is 0 Å². The van der Waals surface area contributed by atoms with Crippen LogP contribution < -0.4 is 0 Å². The third-order valence-corrected chi connectivity index (χ3v) is 5.47. The first-order valence-corrected chi connectivity index (χ1v) is 7.92. The predicted molar refractivity (Wildman–Crippen MR) is 85.0 cm³/mol. The van der Waals surface area contributed by atoms with Crippen LogP contribution in [0.15, 0.2) is 36.4 Å². The van der Waals surface area contributed by atoms with Crippen molar-refractivity contribution in [1.29, 1.82) is 0 Å². The summed E-state index contributed by atoms with van der Waals surface area (Å²) in [5.41, 5.74) is 2.93. The first-order chi connectivity index (χ1) is 8.38. The Kier molecular flexibility index (Phi) is 3.98. The lowest BCUT2D eigenvalue weighted by atomic mass is 9.86. The van der Waals surface area contributed by atoms with Gasteiger partial charge in [-0.25, -0.2) is 0 Å². The molecule has 18 heavy (non-hydrogen) atoms. The lowest BCUT2D eigenvalue weighted by molar-refractivity contribution is 0.590. The molecular formula is C16H19BrS. The maximum absolute atomic E-state index is 3.79. The summed E-state index contributed by atoms with van der Waals surface area (Å²) in [6.07, 6.45) is 0. The molecule has 0 fully saturated rings. The number of hydrogen-bond acceptors (Lipinski definition) is 1. The van der Waals surface area contributed by atoms with Crippen molar-refractivity contribution in [1.82, 2.24) is 0 Å². The van der Waals surface area contributed by atoms with Gasteiger partial charge in [0.2, 0.25) is 0 Å². The SMILES string of the molecule is Cc1ccc(C(Br)c2ccc(C(C)(C)C)cc2)s1. The van der Waals surface area contributed by atoms with Crippen molar-refractivity contribution >= 4 is 27.3 Å². The Bertz CT molecular complexity index is 517. The molecule has 2 rings (SSSR count). The van der Waals surface area contributed by atoms with Crippen LogP contribution >= 0.6 is 27.3 Å². The highest BCUT2D eigenvalue weighted by molar-refractivity contribution is 9.09. The van der Waals surface area contributed by atoms with Gasteiger partial charge in [-0.05, 0) is 35.6 Å². The molecule has 0 aliphatic carbocycles. The quantitative estimate of drug-likeness (QED) is 0.609. The molecule has 1 atom stereocenters. The van der Waals surface area contributed by atoms with E-state index in [2.05, 4.69) is 80.0 Å². The van der Waals surface area contributed by atoms with Gasteiger partial charge in [0, 0.05) is 9.75 Å². The summed E-state index contributed by atoms with van der Waals surface area (Å²) in [7, 11) is 0. The average Bonchev–Trinajstić information content (AvgIpc) is 2.74. The molecule has 2 heteroatoms. The normalized spacial score (nSPS) is 13.6. The lowest BCUT2D eigenvalue weighted by Crippen LogP contribution is -2.10. The molecule has 0 amide bonds. The number of rotatable bonds is 2. The van der Waals surface area contributed by atoms with Gasteiger partial charge in [-0.3, -0.25) is 0 Å². The zero-order chi connectivity index (χ0) is 13.3. The third-order valence-electron chi connectivity index (χ3n) is 3.08. The number of halogens is 1. The summed E-state index contributed by atoms with van der Waals surface area (Å²) in [5.74, 6) is 0. The first kappa shape index (κ1) is 13.8. The van der Waals surface area contributed by atoms with E-state index in [9.17, 15) is 0 Å². The van der Waals surface area contributed by atoms with E-state index >= 15 is 0 Å². The fraction of sp³-hybridized carbons (Fsp3) is 0.375. The summed E-state index contributed by atoms with van der Waals surface area (Å²) in [6, 6.07) is 13.3. The van der Waals surface area contributed by atoms with Crippen LogP contribution in [-0.4, -0.2) is 0 Å². The highest BCUT2D eigenvalue weighted by atomic mass is 79.9. The van der Waals surface area contributed by atoms with Crippen molar-refractivity contribution in [3.63, 3.8) is 0 Å². The molecule has 0 bridgehead atoms. The van der Waals surface area contributed by atoms with Crippen LogP contribution in [0, 0.1) is 6.92 Å². The van der Waals surface area contributed by atoms with Gasteiger partial charge < -0.3 is 0 Å². The van der Waals surface area contributed by atoms with Gasteiger partial charge in [0.05, 0.1) is 4.83 Å². The number of hydrogen-bond donors (Lipinski definition) is 0. The van der Waals surface area contributed by atoms with Gasteiger partial charge >= 0.3 is 0 Å². The zero-order valence-corrected chi connectivity index (χ0v) is 13.7. The molecule has 0 radical (unpaired) electrons. The smallest absolute Gasteiger partial charge is 0.0738 e. The minimum absolute atomic E-state index is 0.222. The molecule has 0 aliphatic heterocycles. The Morgan fingerprint density at radius 3 is 2.06 bits per heavy atom. The molecule has 0 spiro atoms. The Morgan fingerprint density at radius 1 is 1.00 bits per heavy atom. The summed E-state index contributed by atoms with van der Waals surface area (Å²) < 4.78 is 0. The molecular weight excluding hydrogens is 304 g/mol. The van der Waals surface area contributed by atoms with Crippen molar-refractivity contribution in [2.45, 2.75) is 37.9 Å². The monoisotopic (exact) mass is 322 g/mol. The van der Waals surface area contributed by atoms with E-state index in [0.29, 0.717) is 4.83 Å². The molecule has 1 heterocycles. The minimum atomic E-state index is 0.222. The Balaban J connectivity index is 2.24. The first-order valence-electron chi connectivity index (χ1n) is 6.19. The Hall–Kier alpha value is -0.600. The molecule has 2 aromatic rings. The molecule has 1 aromatic carbocycles. The molecule has 96 valence electrons. The number of aryl methyl sites for hydroxylation is 1. The largest absolute Gasteiger partial charge is 0.144 e. The van der Waals surface area contributed by atoms with E-state index in [1.54, 1.807) is 0 Å². The molecule has 0 aliphatic rings. The van der Waals surface area contributed by atoms with E-state index in [1.807, 2.05) is 11.3 Å². The maximum Gasteiger partial charge on any atom is 0.0738 e. The summed E-state index contributed by atoms with van der Waals surface area (Å²) in [4.78, 5) is 3.04. The van der Waals surface area contributed by atoms with Crippen molar-refractivity contribution in [3.05, 3.63) is 57.3 Å². The van der Waals surface area contributed by atoms with Crippen molar-refractivity contribution < 1.29 is 0 Å². The molecule has 1 aromatic heterocycles. The van der Waals surface area contributed by atoms with Crippen molar-refractivity contribution in [3.8, 4) is 0 Å². The van der Waals surface area contributed by atoms with E-state index in [4.69, 9.17) is 0 Å². The lowest BCUT2D eigenvalue weighted by Gasteiger charge is -2.19. The topological polar surface area (TPSA) is 0 Å². The van der Waals surface area contributed by atoms with E-state index < -0.39 is 0 Å². The number of alkyl halides is 1. The second kappa shape index (κ2) is 5.18. The molecule has 0 saturated carbocycles. The predicted octanol–water partition coefficient (Wildman–Crippen LogP) is 5.84. The van der Waals surface area contributed by atoms with E-state index in [1.165, 1.54) is 20.9 Å². The Morgan fingerprint density at radius 2 is 1.61 bits per heavy atom. The second-order valence-corrected chi connectivity index (χ2v) is 7.92. The number of thiophene rings is 1. The Labute approximate surface area is 122 Å². The van der Waals surface area contributed by atoms with Crippen LogP contribution in [0.5, 0.6) is 0 Å². The second-order valence-electron chi connectivity index (χ2n) is 5.68. The van der Waals surface area contributed by atoms with E-state index in [0.717, 1.165) is 0 Å². The van der Waals surface area contributed by atoms with Crippen LogP contribution in [0.1, 0.15) is 46.5 Å². The molecule has 1 unspecified atom stereocenters. The van der Waals surface area contributed by atoms with Gasteiger partial charge in [0.15, 0.2) is 0 Å². The van der Waals surface area contributed by atoms with Gasteiger partial charge in [0.25, 0.3) is 0 Å². The van der Waals surface area contributed by atoms with Crippen LogP contribution in [0.3, 0.4) is 0 Å². The molecule has 0 nitrogen and oxygen atoms in total. The minimum Gasteiger partial charge on any atom is -0.144 e. The van der Waals surface area contributed by atoms with Gasteiger partial charge in [0.1, 0.15) is 0 Å². The highest BCUT2D eigenvalue weighted by Crippen LogP contribution is 2.35. The van der Waals surface area contributed by atoms with E-state index in [-0.39, 0.29) is 5.41 Å². The zero-order valence-electron chi connectivity index (χ0n) is 11.3. The van der Waals surface area contributed by atoms with Crippen LogP contribution in [0.25, 0.3) is 0 Å². The van der Waals surface area contributed by atoms with Gasteiger partial charge in [-0.2, -0.15) is 0 Å². The van der Waals surface area contributed by atoms with Crippen molar-refractivity contribution in [2.24, 2.45) is 0 Å². The maximum atomic E-state index is 3.79. The van der Waals surface area contributed by atoms with Gasteiger partial charge in [-0.1, -0.05) is 61.0 Å². The number of benzene rings is 1. The van der Waals surface area contributed by atoms with Crippen LogP contribution in [0.2, 0.25) is 0 Å². The fourth-order valence-electron chi connectivity index (χ4n) is 1.91.